The van der Waals surface area contributed by atoms with Crippen LogP contribution in [0.5, 0.6) is 0 Å². The van der Waals surface area contributed by atoms with Gasteiger partial charge in [0.2, 0.25) is 0 Å². The van der Waals surface area contributed by atoms with Crippen molar-refractivity contribution in [3.05, 3.63) is 10.8 Å². The molecule has 1 saturated carbocycles. The summed E-state index contributed by atoms with van der Waals surface area (Å²) < 4.78 is 10.9. The first-order valence-corrected chi connectivity index (χ1v) is 8.63. The maximum absolute atomic E-state index is 11.5. The van der Waals surface area contributed by atoms with Crippen molar-refractivity contribution in [1.82, 2.24) is 9.97 Å². The van der Waals surface area contributed by atoms with E-state index in [1.54, 1.807) is 20.2 Å². The lowest BCUT2D eigenvalue weighted by Gasteiger charge is -2.29. The van der Waals surface area contributed by atoms with E-state index in [4.69, 9.17) is 9.47 Å². The van der Waals surface area contributed by atoms with E-state index in [0.717, 1.165) is 25.7 Å². The molecule has 2 rings (SSSR count). The van der Waals surface area contributed by atoms with Crippen molar-refractivity contribution < 1.29 is 14.3 Å². The molecule has 0 spiro atoms. The molecule has 0 unspecified atom stereocenters. The Morgan fingerprint density at radius 3 is 2.74 bits per heavy atom. The molecule has 1 aromatic heterocycles. The topological polar surface area (TPSA) is 85.4 Å². The lowest BCUT2D eigenvalue weighted by atomic mass is 9.93. The highest BCUT2D eigenvalue weighted by Gasteiger charge is 2.22. The number of nitrogens with one attached hydrogen (secondary N) is 2. The molecule has 0 saturated heterocycles. The Morgan fingerprint density at radius 1 is 1.35 bits per heavy atom. The summed E-state index contributed by atoms with van der Waals surface area (Å²) in [6.45, 7) is 2.20. The molecule has 1 aliphatic carbocycles. The van der Waals surface area contributed by atoms with Crippen molar-refractivity contribution in [3.63, 3.8) is 0 Å². The number of ether oxygens (including phenoxy) is 2. The molecule has 0 atom stereocenters. The van der Waals surface area contributed by atoms with E-state index in [1.807, 2.05) is 0 Å². The Balaban J connectivity index is 1.97. The predicted octanol–water partition coefficient (Wildman–Crippen LogP) is 2.58. The minimum atomic E-state index is -0.316. The Kier molecular flexibility index (Phi) is 7.04. The number of esters is 1. The average Bonchev–Trinajstić information content (AvgIpc) is 2.55. The van der Waals surface area contributed by atoms with Crippen LogP contribution in [0.2, 0.25) is 0 Å². The summed E-state index contributed by atoms with van der Waals surface area (Å²) in [5, 5.41) is 6.40. The molecule has 0 radical (unpaired) electrons. The van der Waals surface area contributed by atoms with Crippen LogP contribution < -0.4 is 10.6 Å². The van der Waals surface area contributed by atoms with Crippen LogP contribution in [0.25, 0.3) is 0 Å². The zero-order valence-electron chi connectivity index (χ0n) is 13.5. The third-order valence-electron chi connectivity index (χ3n) is 3.80. The van der Waals surface area contributed by atoms with Gasteiger partial charge in [-0.05, 0) is 48.5 Å². The Hall–Kier alpha value is -1.41. The maximum atomic E-state index is 11.5. The Morgan fingerprint density at radius 2 is 2.09 bits per heavy atom. The second kappa shape index (κ2) is 9.02. The summed E-state index contributed by atoms with van der Waals surface area (Å²) >= 11 is 3.33. The van der Waals surface area contributed by atoms with Gasteiger partial charge in [0.1, 0.15) is 11.1 Å². The molecular formula is C15H23BrN4O3. The van der Waals surface area contributed by atoms with Crippen LogP contribution in [-0.2, 0) is 14.3 Å². The summed E-state index contributed by atoms with van der Waals surface area (Å²) in [5.41, 5.74) is 0. The minimum absolute atomic E-state index is 0.0647. The normalized spacial score (nSPS) is 20.8. The molecule has 0 aromatic carbocycles. The molecular weight excluding hydrogens is 366 g/mol. The van der Waals surface area contributed by atoms with Crippen molar-refractivity contribution in [2.24, 2.45) is 0 Å². The van der Waals surface area contributed by atoms with E-state index in [1.165, 1.54) is 0 Å². The summed E-state index contributed by atoms with van der Waals surface area (Å²) in [6, 6.07) is 0.327. The van der Waals surface area contributed by atoms with E-state index >= 15 is 0 Å². The van der Waals surface area contributed by atoms with Crippen LogP contribution >= 0.6 is 15.9 Å². The van der Waals surface area contributed by atoms with Gasteiger partial charge in [-0.25, -0.2) is 9.97 Å². The molecule has 128 valence electrons. The van der Waals surface area contributed by atoms with E-state index in [-0.39, 0.29) is 12.5 Å². The number of methoxy groups -OCH3 is 1. The van der Waals surface area contributed by atoms with Gasteiger partial charge < -0.3 is 20.1 Å². The molecule has 1 aromatic rings. The molecule has 1 fully saturated rings. The first-order chi connectivity index (χ1) is 11.1. The maximum Gasteiger partial charge on any atom is 0.325 e. The van der Waals surface area contributed by atoms with Crippen LogP contribution in [0.4, 0.5) is 11.6 Å². The second-order valence-corrected chi connectivity index (χ2v) is 6.21. The molecule has 23 heavy (non-hydrogen) atoms. The molecule has 0 bridgehead atoms. The van der Waals surface area contributed by atoms with Gasteiger partial charge in [-0.15, -0.1) is 0 Å². The molecule has 0 aliphatic heterocycles. The van der Waals surface area contributed by atoms with Gasteiger partial charge in [0.05, 0.1) is 18.9 Å². The highest BCUT2D eigenvalue weighted by Crippen LogP contribution is 2.26. The molecule has 1 heterocycles. The van der Waals surface area contributed by atoms with Crippen LogP contribution in [-0.4, -0.2) is 48.3 Å². The van der Waals surface area contributed by atoms with Crippen molar-refractivity contribution in [3.8, 4) is 0 Å². The lowest BCUT2D eigenvalue weighted by molar-refractivity contribution is -0.140. The van der Waals surface area contributed by atoms with Gasteiger partial charge in [0.25, 0.3) is 0 Å². The highest BCUT2D eigenvalue weighted by molar-refractivity contribution is 9.10. The van der Waals surface area contributed by atoms with Crippen LogP contribution in [0.15, 0.2) is 10.8 Å². The summed E-state index contributed by atoms with van der Waals surface area (Å²) in [5.74, 6) is 0.878. The molecule has 1 aliphatic rings. The summed E-state index contributed by atoms with van der Waals surface area (Å²) in [4.78, 5) is 20.2. The second-order valence-electron chi connectivity index (χ2n) is 5.40. The number of rotatable bonds is 7. The number of halogens is 1. The van der Waals surface area contributed by atoms with E-state index < -0.39 is 0 Å². The highest BCUT2D eigenvalue weighted by atomic mass is 79.9. The van der Waals surface area contributed by atoms with Crippen molar-refractivity contribution in [2.75, 3.05) is 30.9 Å². The number of anilines is 2. The fourth-order valence-electron chi connectivity index (χ4n) is 2.60. The van der Waals surface area contributed by atoms with Gasteiger partial charge in [-0.2, -0.15) is 0 Å². The zero-order chi connectivity index (χ0) is 16.7. The smallest absolute Gasteiger partial charge is 0.325 e. The van der Waals surface area contributed by atoms with Crippen LogP contribution in [0.1, 0.15) is 32.6 Å². The molecule has 7 nitrogen and oxygen atoms in total. The molecule has 0 amide bonds. The number of aromatic nitrogens is 2. The molecule has 2 N–H and O–H groups in total. The third kappa shape index (κ3) is 5.62. The fourth-order valence-corrected chi connectivity index (χ4v) is 2.88. The first kappa shape index (κ1) is 17.9. The number of carbonyl (C=O) groups excluding carboxylic acids is 1. The Labute approximate surface area is 144 Å². The van der Waals surface area contributed by atoms with E-state index in [9.17, 15) is 4.79 Å². The summed E-state index contributed by atoms with van der Waals surface area (Å²) in [7, 11) is 1.76. The number of carbonyl (C=O) groups is 1. The SMILES string of the molecule is CCO[13C](=O)[13CH2]Nc1ncc(Br)nc1NC1CCC(OC)CC1. The van der Waals surface area contributed by atoms with Gasteiger partial charge in [-0.1, -0.05) is 0 Å². The summed E-state index contributed by atoms with van der Waals surface area (Å²) in [6.07, 6.45) is 6.04. The number of hydrogen-bond acceptors (Lipinski definition) is 7. The van der Waals surface area contributed by atoms with Crippen molar-refractivity contribution in [2.45, 2.75) is 44.8 Å². The monoisotopic (exact) mass is 388 g/mol. The van der Waals surface area contributed by atoms with E-state index in [2.05, 4.69) is 36.5 Å². The number of nitrogens with zero attached hydrogens (tertiary/aromatic N) is 2. The third-order valence-corrected chi connectivity index (χ3v) is 4.18. The number of hydrogen-bond donors (Lipinski definition) is 2. The molecule has 8 heteroatoms. The minimum Gasteiger partial charge on any atom is -0.465 e. The fraction of sp³-hybridized carbons (Fsp3) is 0.667. The van der Waals surface area contributed by atoms with Gasteiger partial charge in [0.15, 0.2) is 11.6 Å². The quantitative estimate of drug-likeness (QED) is 0.548. The van der Waals surface area contributed by atoms with Crippen LogP contribution in [0.3, 0.4) is 0 Å². The van der Waals surface area contributed by atoms with E-state index in [0.29, 0.717) is 35.0 Å². The largest absolute Gasteiger partial charge is 0.465 e. The van der Waals surface area contributed by atoms with Crippen molar-refractivity contribution in [1.29, 1.82) is 0 Å². The van der Waals surface area contributed by atoms with Gasteiger partial charge in [0, 0.05) is 13.2 Å². The zero-order valence-corrected chi connectivity index (χ0v) is 15.1. The first-order valence-electron chi connectivity index (χ1n) is 7.83. The predicted molar refractivity (Wildman–Crippen MR) is 91.5 cm³/mol. The average molecular weight is 389 g/mol. The van der Waals surface area contributed by atoms with Gasteiger partial charge in [-0.3, -0.25) is 4.79 Å². The Bertz CT molecular complexity index is 521. The standard InChI is InChI=1S/C15H23BrN4O3/c1-3-23-13(21)9-18-14-15(20-12(16)8-17-14)19-10-4-6-11(22-2)7-5-10/h8,10-11H,3-7,9H2,1-2H3,(H,17,18)(H,19,20)/i9+1,13+1. The van der Waals surface area contributed by atoms with Crippen LogP contribution in [0, 0.1) is 0 Å². The van der Waals surface area contributed by atoms with Crippen molar-refractivity contribution >= 4 is 33.5 Å². The van der Waals surface area contributed by atoms with Gasteiger partial charge >= 0.3 is 5.97 Å². The lowest BCUT2D eigenvalue weighted by Crippen LogP contribution is -2.30.